The lowest BCUT2D eigenvalue weighted by Crippen LogP contribution is -1.98. The number of aliphatic hydroxyl groups excluding tert-OH is 1. The smallest absolute Gasteiger partial charge is 0.175 e. The summed E-state index contributed by atoms with van der Waals surface area (Å²) in [6.07, 6.45) is 2.93. The molecule has 1 aromatic heterocycles. The van der Waals surface area contributed by atoms with Crippen LogP contribution >= 0.6 is 0 Å². The molecule has 3 rings (SSSR count). The van der Waals surface area contributed by atoms with Gasteiger partial charge in [-0.05, 0) is 53.6 Å². The van der Waals surface area contributed by atoms with Gasteiger partial charge in [-0.1, -0.05) is 12.1 Å². The zero-order valence-corrected chi connectivity index (χ0v) is 13.8. The number of rotatable bonds is 4. The Labute approximate surface area is 139 Å². The van der Waals surface area contributed by atoms with Crippen molar-refractivity contribution in [2.75, 3.05) is 6.26 Å². The summed E-state index contributed by atoms with van der Waals surface area (Å²) in [6.45, 7) is -0.122. The summed E-state index contributed by atoms with van der Waals surface area (Å²) < 4.78 is 38.1. The molecule has 0 saturated heterocycles. The fourth-order valence-corrected chi connectivity index (χ4v) is 3.15. The molecule has 24 heavy (non-hydrogen) atoms. The van der Waals surface area contributed by atoms with Gasteiger partial charge >= 0.3 is 0 Å². The fourth-order valence-electron chi connectivity index (χ4n) is 2.51. The Balaban J connectivity index is 2.10. The van der Waals surface area contributed by atoms with E-state index in [2.05, 4.69) is 0 Å². The van der Waals surface area contributed by atoms with Gasteiger partial charge in [0.15, 0.2) is 9.84 Å². The van der Waals surface area contributed by atoms with Crippen LogP contribution < -0.4 is 0 Å². The van der Waals surface area contributed by atoms with Gasteiger partial charge in [0.2, 0.25) is 0 Å². The van der Waals surface area contributed by atoms with Crippen molar-refractivity contribution in [2.45, 2.75) is 11.5 Å². The maximum Gasteiger partial charge on any atom is 0.175 e. The number of aromatic nitrogens is 1. The summed E-state index contributed by atoms with van der Waals surface area (Å²) >= 11 is 0. The largest absolute Gasteiger partial charge is 0.392 e. The van der Waals surface area contributed by atoms with E-state index in [1.54, 1.807) is 42.6 Å². The molecule has 0 radical (unpaired) electrons. The second kappa shape index (κ2) is 6.22. The van der Waals surface area contributed by atoms with Crippen molar-refractivity contribution in [3.63, 3.8) is 0 Å². The Bertz CT molecular complexity index is 959. The first-order chi connectivity index (χ1) is 11.4. The topological polar surface area (TPSA) is 59.3 Å². The number of aliphatic hydroxyl groups is 1. The van der Waals surface area contributed by atoms with Crippen molar-refractivity contribution < 1.29 is 17.9 Å². The van der Waals surface area contributed by atoms with Crippen molar-refractivity contribution in [1.29, 1.82) is 0 Å². The molecule has 2 aromatic carbocycles. The molecule has 0 aliphatic carbocycles. The fraction of sp³-hybridized carbons (Fsp3) is 0.111. The molecule has 1 heterocycles. The van der Waals surface area contributed by atoms with E-state index in [1.807, 2.05) is 10.6 Å². The lowest BCUT2D eigenvalue weighted by molar-refractivity contribution is 0.282. The first-order valence-corrected chi connectivity index (χ1v) is 9.16. The molecule has 0 bridgehead atoms. The Morgan fingerprint density at radius 2 is 1.67 bits per heavy atom. The molecular formula is C18H16FNO3S. The van der Waals surface area contributed by atoms with Crippen LogP contribution in [-0.4, -0.2) is 24.3 Å². The van der Waals surface area contributed by atoms with E-state index in [1.165, 1.54) is 12.1 Å². The van der Waals surface area contributed by atoms with E-state index in [9.17, 15) is 17.9 Å². The first kappa shape index (κ1) is 16.4. The molecular weight excluding hydrogens is 329 g/mol. The second-order valence-electron chi connectivity index (χ2n) is 5.53. The van der Waals surface area contributed by atoms with Crippen LogP contribution in [0.4, 0.5) is 4.39 Å². The summed E-state index contributed by atoms with van der Waals surface area (Å²) in [5, 5.41) is 9.41. The van der Waals surface area contributed by atoms with Gasteiger partial charge in [-0.25, -0.2) is 12.8 Å². The molecule has 0 amide bonds. The number of hydrogen-bond donors (Lipinski definition) is 1. The van der Waals surface area contributed by atoms with Crippen LogP contribution in [-0.2, 0) is 16.4 Å². The Kier molecular flexibility index (Phi) is 4.26. The standard InChI is InChI=1S/C18H16FNO3S/c1-24(22,23)17-8-2-14(3-9-17)18-10-13(12-21)11-20(18)16-6-4-15(19)5-7-16/h2-11,21H,12H2,1H3. The third kappa shape index (κ3) is 3.25. The summed E-state index contributed by atoms with van der Waals surface area (Å²) in [5.41, 5.74) is 3.04. The van der Waals surface area contributed by atoms with Crippen molar-refractivity contribution in [2.24, 2.45) is 0 Å². The minimum absolute atomic E-state index is 0.122. The summed E-state index contributed by atoms with van der Waals surface area (Å²) in [4.78, 5) is 0.244. The van der Waals surface area contributed by atoms with Gasteiger partial charge in [-0.3, -0.25) is 0 Å². The van der Waals surface area contributed by atoms with Crippen molar-refractivity contribution in [3.05, 3.63) is 72.2 Å². The third-order valence-electron chi connectivity index (χ3n) is 3.74. The Hall–Kier alpha value is -2.44. The quantitative estimate of drug-likeness (QED) is 0.790. The monoisotopic (exact) mass is 345 g/mol. The van der Waals surface area contributed by atoms with Crippen LogP contribution in [0.25, 0.3) is 16.9 Å². The predicted octanol–water partition coefficient (Wildman–Crippen LogP) is 3.18. The lowest BCUT2D eigenvalue weighted by atomic mass is 10.1. The summed E-state index contributed by atoms with van der Waals surface area (Å²) in [5.74, 6) is -0.327. The van der Waals surface area contributed by atoms with E-state index in [-0.39, 0.29) is 17.3 Å². The van der Waals surface area contributed by atoms with Gasteiger partial charge < -0.3 is 9.67 Å². The first-order valence-electron chi connectivity index (χ1n) is 7.27. The Morgan fingerprint density at radius 3 is 2.21 bits per heavy atom. The van der Waals surface area contributed by atoms with Crippen molar-refractivity contribution in [1.82, 2.24) is 4.57 Å². The highest BCUT2D eigenvalue weighted by atomic mass is 32.2. The minimum atomic E-state index is -3.26. The minimum Gasteiger partial charge on any atom is -0.392 e. The molecule has 4 nitrogen and oxygen atoms in total. The molecule has 124 valence electrons. The van der Waals surface area contributed by atoms with E-state index < -0.39 is 9.84 Å². The molecule has 0 aliphatic rings. The normalized spacial score (nSPS) is 11.6. The van der Waals surface area contributed by atoms with Gasteiger partial charge in [-0.15, -0.1) is 0 Å². The molecule has 0 saturated carbocycles. The van der Waals surface area contributed by atoms with Crippen LogP contribution in [0, 0.1) is 5.82 Å². The average molecular weight is 345 g/mol. The molecule has 6 heteroatoms. The number of hydrogen-bond acceptors (Lipinski definition) is 3. The molecule has 0 atom stereocenters. The maximum atomic E-state index is 13.1. The van der Waals surface area contributed by atoms with Gasteiger partial charge in [0.25, 0.3) is 0 Å². The van der Waals surface area contributed by atoms with E-state index in [0.717, 1.165) is 23.2 Å². The Morgan fingerprint density at radius 1 is 1.04 bits per heavy atom. The highest BCUT2D eigenvalue weighted by molar-refractivity contribution is 7.90. The van der Waals surface area contributed by atoms with Crippen molar-refractivity contribution >= 4 is 9.84 Å². The van der Waals surface area contributed by atoms with Gasteiger partial charge in [-0.2, -0.15) is 0 Å². The number of benzene rings is 2. The average Bonchev–Trinajstić information content (AvgIpc) is 2.99. The molecule has 0 fully saturated rings. The summed E-state index contributed by atoms with van der Waals surface area (Å²) in [6, 6.07) is 14.4. The zero-order valence-electron chi connectivity index (χ0n) is 13.0. The van der Waals surface area contributed by atoms with Crippen LogP contribution in [0.5, 0.6) is 0 Å². The molecule has 0 unspecified atom stereocenters. The van der Waals surface area contributed by atoms with E-state index in [4.69, 9.17) is 0 Å². The molecule has 1 N–H and O–H groups in total. The third-order valence-corrected chi connectivity index (χ3v) is 4.87. The van der Waals surface area contributed by atoms with E-state index >= 15 is 0 Å². The highest BCUT2D eigenvalue weighted by Gasteiger charge is 2.12. The van der Waals surface area contributed by atoms with Gasteiger partial charge in [0.1, 0.15) is 5.82 Å². The molecule has 0 aliphatic heterocycles. The van der Waals surface area contributed by atoms with Gasteiger partial charge in [0, 0.05) is 18.1 Å². The lowest BCUT2D eigenvalue weighted by Gasteiger charge is -2.10. The number of nitrogens with zero attached hydrogens (tertiary/aromatic N) is 1. The summed E-state index contributed by atoms with van der Waals surface area (Å²) in [7, 11) is -3.26. The zero-order chi connectivity index (χ0) is 17.3. The second-order valence-corrected chi connectivity index (χ2v) is 7.55. The van der Waals surface area contributed by atoms with Crippen LogP contribution in [0.3, 0.4) is 0 Å². The molecule has 0 spiro atoms. The van der Waals surface area contributed by atoms with E-state index in [0.29, 0.717) is 5.56 Å². The van der Waals surface area contributed by atoms with Gasteiger partial charge in [0.05, 0.1) is 17.2 Å². The van der Waals surface area contributed by atoms with Crippen LogP contribution in [0.15, 0.2) is 65.7 Å². The van der Waals surface area contributed by atoms with Crippen molar-refractivity contribution in [3.8, 4) is 16.9 Å². The van der Waals surface area contributed by atoms with Crippen LogP contribution in [0.2, 0.25) is 0 Å². The number of sulfone groups is 1. The maximum absolute atomic E-state index is 13.1. The van der Waals surface area contributed by atoms with Crippen LogP contribution in [0.1, 0.15) is 5.56 Å². The predicted molar refractivity (Wildman–Crippen MR) is 90.2 cm³/mol. The molecule has 3 aromatic rings. The highest BCUT2D eigenvalue weighted by Crippen LogP contribution is 2.27. The SMILES string of the molecule is CS(=O)(=O)c1ccc(-c2cc(CO)cn2-c2ccc(F)cc2)cc1. The number of halogens is 1.